The van der Waals surface area contributed by atoms with Gasteiger partial charge in [0.15, 0.2) is 0 Å². The number of nitrogens with one attached hydrogen (secondary N) is 2. The first kappa shape index (κ1) is 25.2. The fourth-order valence-electron chi connectivity index (χ4n) is 5.53. The fraction of sp³-hybridized carbons (Fsp3) is 0.0588. The number of carboxylic acid groups (broad SMARTS) is 2. The molecule has 0 amide bonds. The van der Waals surface area contributed by atoms with E-state index in [4.69, 9.17) is 9.97 Å². The van der Waals surface area contributed by atoms with Crippen LogP contribution >= 0.6 is 0 Å². The lowest BCUT2D eigenvalue weighted by atomic mass is 9.99. The predicted octanol–water partition coefficient (Wildman–Crippen LogP) is 6.89. The van der Waals surface area contributed by atoms with E-state index in [2.05, 4.69) is 9.97 Å². The molecule has 0 atom stereocenters. The summed E-state index contributed by atoms with van der Waals surface area (Å²) in [5, 5.41) is 18.8. The number of carbonyl (C=O) groups is 2. The average molecular weight is 553 g/mol. The summed E-state index contributed by atoms with van der Waals surface area (Å²) in [5.74, 6) is -1.93. The summed E-state index contributed by atoms with van der Waals surface area (Å²) in [6, 6.07) is 21.7. The molecule has 42 heavy (non-hydrogen) atoms. The summed E-state index contributed by atoms with van der Waals surface area (Å²) in [5.41, 5.74) is 10.9. The molecule has 3 aliphatic heterocycles. The molecule has 8 bridgehead atoms. The second-order valence-electron chi connectivity index (χ2n) is 10.3. The molecule has 8 heteroatoms. The summed E-state index contributed by atoms with van der Waals surface area (Å²) in [6.45, 7) is 0. The van der Waals surface area contributed by atoms with Crippen molar-refractivity contribution in [1.29, 1.82) is 0 Å². The minimum Gasteiger partial charge on any atom is -0.478 e. The maximum atomic E-state index is 11.4. The second-order valence-corrected chi connectivity index (χ2v) is 10.3. The second kappa shape index (κ2) is 10.0. The maximum Gasteiger partial charge on any atom is 0.335 e. The van der Waals surface area contributed by atoms with Gasteiger partial charge in [-0.25, -0.2) is 19.6 Å². The lowest BCUT2D eigenvalue weighted by Gasteiger charge is -2.07. The Balaban J connectivity index is 1.48. The summed E-state index contributed by atoms with van der Waals surface area (Å²) >= 11 is 0. The molecule has 8 nitrogen and oxygen atoms in total. The summed E-state index contributed by atoms with van der Waals surface area (Å²) in [4.78, 5) is 39.8. The number of hydrogen-bond donors (Lipinski definition) is 4. The summed E-state index contributed by atoms with van der Waals surface area (Å²) < 4.78 is 0. The molecule has 0 aliphatic carbocycles. The number of carboxylic acids is 2. The Morgan fingerprint density at radius 1 is 0.619 bits per heavy atom. The van der Waals surface area contributed by atoms with E-state index in [0.717, 1.165) is 80.3 Å². The number of rotatable bonds is 4. The molecule has 5 heterocycles. The van der Waals surface area contributed by atoms with Gasteiger partial charge in [0, 0.05) is 33.5 Å². The van der Waals surface area contributed by atoms with Crippen molar-refractivity contribution in [2.24, 2.45) is 0 Å². The molecule has 0 saturated heterocycles. The third-order valence-corrected chi connectivity index (χ3v) is 7.54. The number of aromatic nitrogens is 4. The van der Waals surface area contributed by atoms with E-state index in [1.807, 2.05) is 60.7 Å². The Morgan fingerprint density at radius 2 is 1.19 bits per heavy atom. The van der Waals surface area contributed by atoms with Gasteiger partial charge in [0.1, 0.15) is 0 Å². The van der Waals surface area contributed by atoms with Gasteiger partial charge in [0.25, 0.3) is 0 Å². The molecular formula is C34H24N4O4. The molecule has 2 aromatic carbocycles. The Kier molecular flexibility index (Phi) is 6.01. The maximum absolute atomic E-state index is 11.4. The Hall–Kier alpha value is -5.76. The molecule has 0 unspecified atom stereocenters. The van der Waals surface area contributed by atoms with Crippen molar-refractivity contribution in [1.82, 2.24) is 19.9 Å². The molecule has 7 rings (SSSR count). The van der Waals surface area contributed by atoms with Crippen LogP contribution in [0.15, 0.2) is 72.8 Å². The predicted molar refractivity (Wildman–Crippen MR) is 162 cm³/mol. The van der Waals surface area contributed by atoms with E-state index in [9.17, 15) is 19.8 Å². The smallest absolute Gasteiger partial charge is 0.335 e. The van der Waals surface area contributed by atoms with Crippen molar-refractivity contribution in [3.63, 3.8) is 0 Å². The van der Waals surface area contributed by atoms with Gasteiger partial charge < -0.3 is 20.2 Å². The first-order valence-electron chi connectivity index (χ1n) is 13.5. The zero-order valence-electron chi connectivity index (χ0n) is 22.3. The molecule has 3 aliphatic rings. The van der Waals surface area contributed by atoms with Gasteiger partial charge in [-0.2, -0.15) is 0 Å². The van der Waals surface area contributed by atoms with Gasteiger partial charge >= 0.3 is 11.9 Å². The number of nitrogens with zero attached hydrogens (tertiary/aromatic N) is 2. The third kappa shape index (κ3) is 4.65. The van der Waals surface area contributed by atoms with Gasteiger partial charge in [0.2, 0.25) is 0 Å². The molecule has 0 fully saturated rings. The van der Waals surface area contributed by atoms with E-state index in [-0.39, 0.29) is 11.1 Å². The number of aromatic amines is 2. The van der Waals surface area contributed by atoms with Crippen LogP contribution in [-0.2, 0) is 12.8 Å². The summed E-state index contributed by atoms with van der Waals surface area (Å²) in [7, 11) is 0. The van der Waals surface area contributed by atoms with E-state index in [1.165, 1.54) is 0 Å². The van der Waals surface area contributed by atoms with E-state index < -0.39 is 11.9 Å². The van der Waals surface area contributed by atoms with Gasteiger partial charge in [-0.05, 0) is 96.8 Å². The zero-order valence-corrected chi connectivity index (χ0v) is 22.3. The number of benzene rings is 2. The molecular weight excluding hydrogens is 528 g/mol. The largest absolute Gasteiger partial charge is 0.478 e. The van der Waals surface area contributed by atoms with Crippen LogP contribution in [-0.4, -0.2) is 42.1 Å². The normalized spacial score (nSPS) is 12.8. The number of hydrogen-bond acceptors (Lipinski definition) is 4. The molecule has 2 aromatic heterocycles. The number of aryl methyl sites for hydroxylation is 2. The highest BCUT2D eigenvalue weighted by Gasteiger charge is 2.18. The van der Waals surface area contributed by atoms with Crippen molar-refractivity contribution in [2.75, 3.05) is 0 Å². The van der Waals surface area contributed by atoms with Gasteiger partial charge in [0.05, 0.1) is 33.9 Å². The quantitative estimate of drug-likeness (QED) is 0.188. The Morgan fingerprint density at radius 3 is 1.81 bits per heavy atom. The highest BCUT2D eigenvalue weighted by atomic mass is 16.4. The van der Waals surface area contributed by atoms with Crippen molar-refractivity contribution in [3.8, 4) is 22.3 Å². The summed E-state index contributed by atoms with van der Waals surface area (Å²) in [6.07, 6.45) is 9.46. The van der Waals surface area contributed by atoms with Crippen LogP contribution in [0.4, 0.5) is 0 Å². The van der Waals surface area contributed by atoms with Crippen molar-refractivity contribution >= 4 is 47.3 Å². The number of fused-ring (bicyclic) bond motifs is 8. The lowest BCUT2D eigenvalue weighted by molar-refractivity contribution is 0.0686. The standard InChI is InChI=1S/C34H24N4O4/c39-33(40)21-5-1-19(2-6-21)31-27-13-9-23(35-27)17-25-11-15-29(37-25)32(20-3-7-22(8-4-20)34(41)42)30-16-12-26(38-30)18-24-10-14-28(31)36-24/h1-11,13-15,17-18,35,38H,12,16H2,(H,39,40)(H,41,42). The highest BCUT2D eigenvalue weighted by molar-refractivity contribution is 5.93. The van der Waals surface area contributed by atoms with Crippen molar-refractivity contribution < 1.29 is 19.8 Å². The SMILES string of the molecule is O=C(O)c1ccc(-c2c3nc(cc4ccc([nH]4)c(-c4ccc(C(=O)O)cc4)c4nc(cc5[nH]c2CC5)C=C4)C=C3)cc1. The zero-order chi connectivity index (χ0) is 28.8. The first-order chi connectivity index (χ1) is 20.4. The molecule has 4 N–H and O–H groups in total. The topological polar surface area (TPSA) is 132 Å². The number of H-pyrrole nitrogens is 2. The molecule has 0 saturated carbocycles. The fourth-order valence-corrected chi connectivity index (χ4v) is 5.53. The number of aromatic carboxylic acids is 2. The monoisotopic (exact) mass is 552 g/mol. The van der Waals surface area contributed by atoms with Crippen molar-refractivity contribution in [3.05, 3.63) is 118 Å². The highest BCUT2D eigenvalue weighted by Crippen LogP contribution is 2.33. The first-order valence-corrected chi connectivity index (χ1v) is 13.5. The van der Waals surface area contributed by atoms with Crippen LogP contribution in [0.5, 0.6) is 0 Å². The Labute approximate surface area is 240 Å². The average Bonchev–Trinajstić information content (AvgIpc) is 3.80. The van der Waals surface area contributed by atoms with Crippen LogP contribution in [0.2, 0.25) is 0 Å². The van der Waals surface area contributed by atoms with Crippen LogP contribution in [0.3, 0.4) is 0 Å². The Bertz CT molecular complexity index is 2030. The van der Waals surface area contributed by atoms with E-state index >= 15 is 0 Å². The van der Waals surface area contributed by atoms with E-state index in [0.29, 0.717) is 0 Å². The van der Waals surface area contributed by atoms with E-state index in [1.54, 1.807) is 36.4 Å². The molecule has 204 valence electrons. The molecule has 0 radical (unpaired) electrons. The minimum absolute atomic E-state index is 0.223. The van der Waals surface area contributed by atoms with Crippen LogP contribution in [0, 0.1) is 0 Å². The van der Waals surface area contributed by atoms with Gasteiger partial charge in [-0.3, -0.25) is 0 Å². The van der Waals surface area contributed by atoms with Gasteiger partial charge in [-0.15, -0.1) is 0 Å². The molecule has 0 spiro atoms. The van der Waals surface area contributed by atoms with Crippen LogP contribution in [0.1, 0.15) is 54.9 Å². The van der Waals surface area contributed by atoms with Crippen molar-refractivity contribution in [2.45, 2.75) is 12.8 Å². The van der Waals surface area contributed by atoms with Crippen LogP contribution in [0.25, 0.3) is 57.6 Å². The minimum atomic E-state index is -0.971. The van der Waals surface area contributed by atoms with Gasteiger partial charge in [-0.1, -0.05) is 24.3 Å². The molecule has 4 aromatic rings. The third-order valence-electron chi connectivity index (χ3n) is 7.54. The lowest BCUT2D eigenvalue weighted by Crippen LogP contribution is -1.96. The van der Waals surface area contributed by atoms with Crippen LogP contribution < -0.4 is 0 Å².